The fourth-order valence-electron chi connectivity index (χ4n) is 1.48. The summed E-state index contributed by atoms with van der Waals surface area (Å²) in [6, 6.07) is 5.93. The van der Waals surface area contributed by atoms with Crippen LogP contribution in [0.1, 0.15) is 20.7 Å². The minimum atomic E-state index is -2.35. The molecule has 0 saturated heterocycles. The van der Waals surface area contributed by atoms with Crippen molar-refractivity contribution in [1.82, 2.24) is 5.06 Å². The van der Waals surface area contributed by atoms with Crippen LogP contribution in [0.3, 0.4) is 0 Å². The minimum Gasteiger partial charge on any atom is -0.343 e. The van der Waals surface area contributed by atoms with Gasteiger partial charge in [0.05, 0.1) is 11.1 Å². The van der Waals surface area contributed by atoms with E-state index in [1.54, 1.807) is 12.1 Å². The summed E-state index contributed by atoms with van der Waals surface area (Å²) < 4.78 is 16.9. The van der Waals surface area contributed by atoms with Crippen LogP contribution in [-0.2, 0) is 14.4 Å². The first kappa shape index (κ1) is 12.2. The van der Waals surface area contributed by atoms with Crippen LogP contribution in [-0.4, -0.2) is 36.3 Å². The summed E-state index contributed by atoms with van der Waals surface area (Å²) >= 11 is 0. The Bertz CT molecular complexity index is 495. The number of hydrogen-bond donors (Lipinski definition) is 0. The first-order valence-electron chi connectivity index (χ1n) is 4.92. The average molecular weight is 253 g/mol. The highest BCUT2D eigenvalue weighted by Gasteiger charge is 2.39. The molecule has 1 aliphatic rings. The third kappa shape index (κ3) is 1.84. The molecule has 1 aliphatic heterocycles. The van der Waals surface area contributed by atoms with Crippen LogP contribution in [0.5, 0.6) is 0 Å². The number of alkyl halides is 1. The Labute approximate surface area is 101 Å². The van der Waals surface area contributed by atoms with Gasteiger partial charge in [0.2, 0.25) is 0 Å². The number of hydrogen-bond acceptors (Lipinski definition) is 5. The van der Waals surface area contributed by atoms with Gasteiger partial charge in [-0.3, -0.25) is 9.59 Å². The van der Waals surface area contributed by atoms with Crippen LogP contribution in [0.25, 0.3) is 0 Å². The smallest absolute Gasteiger partial charge is 0.343 e. The van der Waals surface area contributed by atoms with Gasteiger partial charge in [-0.25, -0.2) is 9.18 Å². The number of methoxy groups -OCH3 is 1. The maximum atomic E-state index is 12.8. The molecular weight excluding hydrogens is 245 g/mol. The summed E-state index contributed by atoms with van der Waals surface area (Å²) in [5, 5.41) is 0.221. The Morgan fingerprint density at radius 3 is 2.17 bits per heavy atom. The topological polar surface area (TPSA) is 72.9 Å². The van der Waals surface area contributed by atoms with Crippen molar-refractivity contribution in [2.75, 3.05) is 7.11 Å². The van der Waals surface area contributed by atoms with Crippen LogP contribution < -0.4 is 0 Å². The number of carbonyl (C=O) groups excluding carboxylic acids is 3. The molecule has 0 fully saturated rings. The lowest BCUT2D eigenvalue weighted by atomic mass is 10.1. The molecular formula is C11H8FNO5. The molecule has 2 rings (SSSR count). The average Bonchev–Trinajstić information content (AvgIpc) is 2.63. The molecule has 0 aliphatic carbocycles. The summed E-state index contributed by atoms with van der Waals surface area (Å²) in [6.45, 7) is 0. The first-order valence-corrected chi connectivity index (χ1v) is 4.92. The maximum absolute atomic E-state index is 12.8. The van der Waals surface area contributed by atoms with Crippen molar-refractivity contribution in [3.05, 3.63) is 35.4 Å². The largest absolute Gasteiger partial charge is 0.394 e. The molecule has 7 heteroatoms. The molecule has 0 aromatic heterocycles. The van der Waals surface area contributed by atoms with Gasteiger partial charge in [-0.05, 0) is 12.1 Å². The van der Waals surface area contributed by atoms with Gasteiger partial charge in [0.15, 0.2) is 0 Å². The Morgan fingerprint density at radius 2 is 1.72 bits per heavy atom. The summed E-state index contributed by atoms with van der Waals surface area (Å²) in [4.78, 5) is 38.9. The summed E-state index contributed by atoms with van der Waals surface area (Å²) in [7, 11) is 0.953. The standard InChI is InChI=1S/C11H8FNO5/c1-17-8(12)11(16)18-13-9(14)6-4-2-3-5-7(6)10(13)15/h2-5,8H,1H3. The third-order valence-electron chi connectivity index (χ3n) is 2.33. The van der Waals surface area contributed by atoms with Crippen LogP contribution in [0.4, 0.5) is 4.39 Å². The van der Waals surface area contributed by atoms with Crippen LogP contribution in [0, 0.1) is 0 Å². The first-order chi connectivity index (χ1) is 8.56. The number of halogens is 1. The molecule has 0 radical (unpaired) electrons. The van der Waals surface area contributed by atoms with Gasteiger partial charge in [-0.1, -0.05) is 17.2 Å². The van der Waals surface area contributed by atoms with Gasteiger partial charge in [-0.15, -0.1) is 0 Å². The highest BCUT2D eigenvalue weighted by atomic mass is 19.1. The quantitative estimate of drug-likeness (QED) is 0.741. The van der Waals surface area contributed by atoms with E-state index in [-0.39, 0.29) is 16.2 Å². The highest BCUT2D eigenvalue weighted by molar-refractivity contribution is 6.20. The molecule has 1 atom stereocenters. The Balaban J connectivity index is 2.22. The van der Waals surface area contributed by atoms with E-state index in [4.69, 9.17) is 0 Å². The van der Waals surface area contributed by atoms with Gasteiger partial charge in [0, 0.05) is 7.11 Å². The third-order valence-corrected chi connectivity index (χ3v) is 2.33. The second-order valence-corrected chi connectivity index (χ2v) is 3.41. The number of rotatable bonds is 3. The van der Waals surface area contributed by atoms with E-state index in [0.717, 1.165) is 7.11 Å². The maximum Gasteiger partial charge on any atom is 0.394 e. The molecule has 0 N–H and O–H groups in total. The van der Waals surface area contributed by atoms with Crippen molar-refractivity contribution in [1.29, 1.82) is 0 Å². The molecule has 0 spiro atoms. The van der Waals surface area contributed by atoms with Gasteiger partial charge < -0.3 is 9.57 Å². The van der Waals surface area contributed by atoms with Crippen molar-refractivity contribution < 1.29 is 28.3 Å². The second-order valence-electron chi connectivity index (χ2n) is 3.41. The normalized spacial score (nSPS) is 15.6. The van der Waals surface area contributed by atoms with E-state index in [9.17, 15) is 18.8 Å². The van der Waals surface area contributed by atoms with E-state index in [2.05, 4.69) is 9.57 Å². The number of fused-ring (bicyclic) bond motifs is 1. The Hall–Kier alpha value is -2.28. The molecule has 1 heterocycles. The van der Waals surface area contributed by atoms with E-state index >= 15 is 0 Å². The monoisotopic (exact) mass is 253 g/mol. The van der Waals surface area contributed by atoms with Gasteiger partial charge in [0.25, 0.3) is 18.2 Å². The van der Waals surface area contributed by atoms with Gasteiger partial charge >= 0.3 is 5.97 Å². The lowest BCUT2D eigenvalue weighted by Crippen LogP contribution is -2.36. The fraction of sp³-hybridized carbons (Fsp3) is 0.182. The zero-order valence-electron chi connectivity index (χ0n) is 9.25. The molecule has 6 nitrogen and oxygen atoms in total. The van der Waals surface area contributed by atoms with E-state index in [1.807, 2.05) is 0 Å². The van der Waals surface area contributed by atoms with Gasteiger partial charge in [-0.2, -0.15) is 0 Å². The summed E-state index contributed by atoms with van der Waals surface area (Å²) in [5.41, 5.74) is 0.200. The molecule has 0 saturated carbocycles. The number of imide groups is 1. The number of ether oxygens (including phenoxy) is 1. The molecule has 18 heavy (non-hydrogen) atoms. The van der Waals surface area contributed by atoms with Crippen LogP contribution in [0.15, 0.2) is 24.3 Å². The van der Waals surface area contributed by atoms with Crippen molar-refractivity contribution >= 4 is 17.8 Å². The molecule has 1 aromatic rings. The second kappa shape index (κ2) is 4.53. The van der Waals surface area contributed by atoms with Gasteiger partial charge in [0.1, 0.15) is 0 Å². The zero-order chi connectivity index (χ0) is 13.3. The summed E-state index contributed by atoms with van der Waals surface area (Å²) in [5.74, 6) is -3.09. The number of amides is 2. The number of carbonyl (C=O) groups is 3. The zero-order valence-corrected chi connectivity index (χ0v) is 9.25. The van der Waals surface area contributed by atoms with E-state index < -0.39 is 24.1 Å². The number of benzene rings is 1. The molecule has 0 bridgehead atoms. The SMILES string of the molecule is COC(F)C(=O)ON1C(=O)c2ccccc2C1=O. The number of nitrogens with zero attached hydrogens (tertiary/aromatic N) is 1. The molecule has 2 amide bonds. The fourth-order valence-corrected chi connectivity index (χ4v) is 1.48. The minimum absolute atomic E-state index is 0.100. The van der Waals surface area contributed by atoms with Crippen LogP contribution in [0.2, 0.25) is 0 Å². The Kier molecular flexibility index (Phi) is 3.07. The number of hydroxylamine groups is 2. The lowest BCUT2D eigenvalue weighted by molar-refractivity contribution is -0.190. The molecule has 1 aromatic carbocycles. The van der Waals surface area contributed by atoms with Crippen LogP contribution >= 0.6 is 0 Å². The van der Waals surface area contributed by atoms with Crippen molar-refractivity contribution in [2.45, 2.75) is 6.36 Å². The summed E-state index contributed by atoms with van der Waals surface area (Å²) in [6.07, 6.45) is -2.35. The molecule has 1 unspecified atom stereocenters. The predicted octanol–water partition coefficient (Wildman–Crippen LogP) is 0.683. The van der Waals surface area contributed by atoms with E-state index in [0.29, 0.717) is 0 Å². The van der Waals surface area contributed by atoms with Crippen molar-refractivity contribution in [2.24, 2.45) is 0 Å². The Morgan fingerprint density at radius 1 is 1.22 bits per heavy atom. The van der Waals surface area contributed by atoms with E-state index in [1.165, 1.54) is 12.1 Å². The lowest BCUT2D eigenvalue weighted by Gasteiger charge is -2.13. The predicted molar refractivity (Wildman–Crippen MR) is 54.9 cm³/mol. The van der Waals surface area contributed by atoms with Crippen molar-refractivity contribution in [3.63, 3.8) is 0 Å². The highest BCUT2D eigenvalue weighted by Crippen LogP contribution is 2.22. The van der Waals surface area contributed by atoms with Crippen molar-refractivity contribution in [3.8, 4) is 0 Å². The molecule has 94 valence electrons.